The smallest absolute Gasteiger partial charge is 0.405 e. The zero-order valence-electron chi connectivity index (χ0n) is 23.6. The number of nitrogens with zero attached hydrogens (tertiary/aromatic N) is 6. The molecule has 0 radical (unpaired) electrons. The number of aryl methyl sites for hydroxylation is 1. The van der Waals surface area contributed by atoms with Crippen LogP contribution < -0.4 is 5.32 Å². The lowest BCUT2D eigenvalue weighted by molar-refractivity contribution is 0.0735. The predicted octanol–water partition coefficient (Wildman–Crippen LogP) is 5.66. The second-order valence-corrected chi connectivity index (χ2v) is 11.6. The highest BCUT2D eigenvalue weighted by Crippen LogP contribution is 2.36. The van der Waals surface area contributed by atoms with Gasteiger partial charge in [-0.3, -0.25) is 9.78 Å². The van der Waals surface area contributed by atoms with Gasteiger partial charge in [-0.25, -0.2) is 14.8 Å². The van der Waals surface area contributed by atoms with Crippen molar-refractivity contribution in [3.05, 3.63) is 100 Å². The number of carboxylic acid groups (broad SMARTS) is 1. The molecule has 5 heterocycles. The molecule has 5 aromatic rings. The molecule has 1 aliphatic rings. The first-order chi connectivity index (χ1) is 20.8. The Kier molecular flexibility index (Phi) is 7.68. The summed E-state index contributed by atoms with van der Waals surface area (Å²) in [5, 5.41) is 23.6. The van der Waals surface area contributed by atoms with E-state index in [0.717, 1.165) is 34.7 Å². The van der Waals surface area contributed by atoms with Gasteiger partial charge in [0.25, 0.3) is 11.8 Å². The van der Waals surface area contributed by atoms with Crippen LogP contribution in [0.15, 0.2) is 76.8 Å². The maximum absolute atomic E-state index is 14.0. The van der Waals surface area contributed by atoms with Crippen molar-refractivity contribution >= 4 is 23.3 Å². The van der Waals surface area contributed by atoms with Crippen molar-refractivity contribution in [3.8, 4) is 22.8 Å². The number of hydrogen-bond acceptors (Lipinski definition) is 9. The van der Waals surface area contributed by atoms with Crippen LogP contribution in [0.5, 0.6) is 0 Å². The number of amides is 2. The van der Waals surface area contributed by atoms with E-state index in [9.17, 15) is 14.7 Å². The maximum atomic E-state index is 14.0. The number of thiazole rings is 1. The number of pyridine rings is 2. The minimum atomic E-state index is -1.22. The average molecular weight is 596 g/mol. The van der Waals surface area contributed by atoms with E-state index < -0.39 is 11.6 Å². The summed E-state index contributed by atoms with van der Waals surface area (Å²) in [6.45, 7) is 4.26. The molecule has 2 amide bonds. The number of rotatable bonds is 8. The molecule has 2 N–H and O–H groups in total. The number of likely N-dealkylation sites (tertiary alicyclic amines) is 1. The fourth-order valence-electron chi connectivity index (χ4n) is 5.35. The van der Waals surface area contributed by atoms with Gasteiger partial charge in [-0.15, -0.1) is 21.5 Å². The van der Waals surface area contributed by atoms with Crippen LogP contribution in [0.25, 0.3) is 22.8 Å². The highest BCUT2D eigenvalue weighted by atomic mass is 32.1. The third-order valence-corrected chi connectivity index (χ3v) is 8.45. The summed E-state index contributed by atoms with van der Waals surface area (Å²) in [6, 6.07) is 16.4. The van der Waals surface area contributed by atoms with Gasteiger partial charge in [0.15, 0.2) is 0 Å². The molecule has 1 fully saturated rings. The number of carbonyl (C=O) groups is 2. The molecule has 1 saturated heterocycles. The number of nitrogens with one attached hydrogen (secondary N) is 1. The van der Waals surface area contributed by atoms with Crippen LogP contribution in [0.1, 0.15) is 58.3 Å². The van der Waals surface area contributed by atoms with Crippen LogP contribution in [0.2, 0.25) is 0 Å². The van der Waals surface area contributed by atoms with Crippen LogP contribution in [0.4, 0.5) is 4.79 Å². The molecule has 11 nitrogen and oxygen atoms in total. The molecule has 6 rings (SSSR count). The molecule has 0 spiro atoms. The molecule has 0 saturated carbocycles. The third kappa shape index (κ3) is 6.00. The van der Waals surface area contributed by atoms with Crippen molar-refractivity contribution in [2.75, 3.05) is 6.54 Å². The van der Waals surface area contributed by atoms with Gasteiger partial charge in [0.2, 0.25) is 5.89 Å². The van der Waals surface area contributed by atoms with Gasteiger partial charge in [-0.1, -0.05) is 30.3 Å². The number of hydrogen-bond donors (Lipinski definition) is 2. The normalized spacial score (nSPS) is 16.1. The molecule has 0 aliphatic carbocycles. The van der Waals surface area contributed by atoms with Gasteiger partial charge in [0.1, 0.15) is 16.2 Å². The highest BCUT2D eigenvalue weighted by Gasteiger charge is 2.36. The van der Waals surface area contributed by atoms with Crippen molar-refractivity contribution < 1.29 is 19.1 Å². The van der Waals surface area contributed by atoms with Crippen molar-refractivity contribution in [3.63, 3.8) is 0 Å². The molecule has 2 atom stereocenters. The Labute approximate surface area is 251 Å². The van der Waals surface area contributed by atoms with Crippen molar-refractivity contribution in [1.29, 1.82) is 0 Å². The Bertz CT molecular complexity index is 1760. The molecule has 12 heteroatoms. The SMILES string of the molecule is Cc1csc([C@H]2CCCN2C(=O)c2cc(-c3ccncc3)nc(-c3nnc([C@@](C)(Cc4ccccc4)NC(=O)O)o3)c2)n1. The zero-order chi connectivity index (χ0) is 30.0. The largest absolute Gasteiger partial charge is 0.465 e. The van der Waals surface area contributed by atoms with Gasteiger partial charge in [-0.05, 0) is 56.5 Å². The molecule has 0 unspecified atom stereocenters. The highest BCUT2D eigenvalue weighted by molar-refractivity contribution is 7.09. The van der Waals surface area contributed by atoms with Gasteiger partial charge in [0, 0.05) is 47.6 Å². The first kappa shape index (κ1) is 28.2. The maximum Gasteiger partial charge on any atom is 0.405 e. The number of carbonyl (C=O) groups excluding carboxylic acids is 1. The fourth-order valence-corrected chi connectivity index (χ4v) is 6.30. The van der Waals surface area contributed by atoms with Crippen LogP contribution >= 0.6 is 11.3 Å². The lowest BCUT2D eigenvalue weighted by atomic mass is 9.93. The summed E-state index contributed by atoms with van der Waals surface area (Å²) in [5.74, 6) is 0.00644. The van der Waals surface area contributed by atoms with Gasteiger partial charge in [-0.2, -0.15) is 0 Å². The van der Waals surface area contributed by atoms with Crippen LogP contribution in [0, 0.1) is 6.92 Å². The Balaban J connectivity index is 1.39. The Morgan fingerprint density at radius 2 is 1.86 bits per heavy atom. The second kappa shape index (κ2) is 11.7. The monoisotopic (exact) mass is 595 g/mol. The zero-order valence-corrected chi connectivity index (χ0v) is 24.4. The summed E-state index contributed by atoms with van der Waals surface area (Å²) in [7, 11) is 0. The van der Waals surface area contributed by atoms with E-state index in [4.69, 9.17) is 9.40 Å². The molecular formula is C31H29N7O4S. The van der Waals surface area contributed by atoms with E-state index in [1.54, 1.807) is 42.8 Å². The number of benzene rings is 1. The first-order valence-corrected chi connectivity index (χ1v) is 14.7. The number of aromatic nitrogens is 5. The van der Waals surface area contributed by atoms with Crippen LogP contribution in [-0.4, -0.2) is 53.7 Å². The lowest BCUT2D eigenvalue weighted by Crippen LogP contribution is -2.44. The molecule has 0 bridgehead atoms. The second-order valence-electron chi connectivity index (χ2n) is 10.7. The topological polar surface area (TPSA) is 147 Å². The van der Waals surface area contributed by atoms with E-state index in [2.05, 4.69) is 25.5 Å². The Hall–Kier alpha value is -4.97. The third-order valence-electron chi connectivity index (χ3n) is 7.38. The van der Waals surface area contributed by atoms with E-state index in [1.807, 2.05) is 59.7 Å². The lowest BCUT2D eigenvalue weighted by Gasteiger charge is -2.25. The molecule has 1 aromatic carbocycles. The minimum absolute atomic E-state index is 0.0694. The Morgan fingerprint density at radius 3 is 2.58 bits per heavy atom. The van der Waals surface area contributed by atoms with Crippen molar-refractivity contribution in [1.82, 2.24) is 35.4 Å². The summed E-state index contributed by atoms with van der Waals surface area (Å²) >= 11 is 1.57. The average Bonchev–Trinajstić information content (AvgIpc) is 3.78. The van der Waals surface area contributed by atoms with Gasteiger partial charge >= 0.3 is 6.09 Å². The molecule has 4 aromatic heterocycles. The van der Waals surface area contributed by atoms with Crippen molar-refractivity contribution in [2.45, 2.75) is 44.7 Å². The molecule has 43 heavy (non-hydrogen) atoms. The minimum Gasteiger partial charge on any atom is -0.465 e. The van der Waals surface area contributed by atoms with Gasteiger partial charge < -0.3 is 19.7 Å². The van der Waals surface area contributed by atoms with E-state index >= 15 is 0 Å². The van der Waals surface area contributed by atoms with E-state index in [0.29, 0.717) is 23.5 Å². The fraction of sp³-hybridized carbons (Fsp3) is 0.258. The van der Waals surface area contributed by atoms with E-state index in [-0.39, 0.29) is 30.2 Å². The molecule has 1 aliphatic heterocycles. The van der Waals surface area contributed by atoms with E-state index in [1.165, 1.54) is 0 Å². The summed E-state index contributed by atoms with van der Waals surface area (Å²) in [6.07, 6.45) is 4.10. The van der Waals surface area contributed by atoms with Crippen molar-refractivity contribution in [2.24, 2.45) is 0 Å². The Morgan fingerprint density at radius 1 is 1.09 bits per heavy atom. The van der Waals surface area contributed by atoms with Crippen LogP contribution in [0.3, 0.4) is 0 Å². The first-order valence-electron chi connectivity index (χ1n) is 13.8. The van der Waals surface area contributed by atoms with Gasteiger partial charge in [0.05, 0.1) is 11.7 Å². The summed E-state index contributed by atoms with van der Waals surface area (Å²) in [4.78, 5) is 41.2. The molecular weight excluding hydrogens is 566 g/mol. The standard InChI is InChI=1S/C31H29N7O4S/c1-19-18-43-27(33-19)25-9-6-14-38(25)28(39)22-15-23(21-10-12-32-13-11-21)34-24(16-22)26-36-37-29(42-26)31(2,35-30(40)41)17-20-7-4-3-5-8-20/h3-5,7-8,10-13,15-16,18,25,35H,6,9,14,17H2,1-2H3,(H,40,41)/t25-,31-/m1/s1. The summed E-state index contributed by atoms with van der Waals surface area (Å²) in [5.41, 5.74) is 2.64. The quantitative estimate of drug-likeness (QED) is 0.232. The predicted molar refractivity (Wildman–Crippen MR) is 159 cm³/mol. The molecule has 218 valence electrons. The summed E-state index contributed by atoms with van der Waals surface area (Å²) < 4.78 is 6.10. The van der Waals surface area contributed by atoms with Crippen LogP contribution in [-0.2, 0) is 12.0 Å².